The van der Waals surface area contributed by atoms with Gasteiger partial charge in [-0.1, -0.05) is 60.1 Å². The van der Waals surface area contributed by atoms with E-state index in [9.17, 15) is 18.8 Å². The topological polar surface area (TPSA) is 94.1 Å². The number of carbonyl (C=O) groups is 3. The van der Waals surface area contributed by atoms with Gasteiger partial charge in [-0.3, -0.25) is 14.4 Å². The van der Waals surface area contributed by atoms with Crippen molar-refractivity contribution >= 4 is 35.0 Å². The lowest BCUT2D eigenvalue weighted by Crippen LogP contribution is -2.60. The van der Waals surface area contributed by atoms with E-state index in [-0.39, 0.29) is 36.5 Å². The molecule has 8 nitrogen and oxygen atoms in total. The van der Waals surface area contributed by atoms with E-state index >= 15 is 0 Å². The Morgan fingerprint density at radius 2 is 1.77 bits per heavy atom. The molecule has 44 heavy (non-hydrogen) atoms. The summed E-state index contributed by atoms with van der Waals surface area (Å²) in [6, 6.07) is 20.0. The molecule has 3 unspecified atom stereocenters. The van der Waals surface area contributed by atoms with Crippen molar-refractivity contribution in [2.45, 2.75) is 51.2 Å². The van der Waals surface area contributed by atoms with Crippen molar-refractivity contribution in [3.05, 3.63) is 106 Å². The summed E-state index contributed by atoms with van der Waals surface area (Å²) in [6.07, 6.45) is 1.51. The van der Waals surface area contributed by atoms with Gasteiger partial charge in [-0.15, -0.1) is 0 Å². The second-order valence-corrected chi connectivity index (χ2v) is 12.2. The van der Waals surface area contributed by atoms with Crippen molar-refractivity contribution in [2.24, 2.45) is 10.5 Å². The second-order valence-electron chi connectivity index (χ2n) is 11.8. The Balaban J connectivity index is 1.26. The number of likely N-dealkylation sites (tertiary alicyclic amines) is 1. The third-order valence-corrected chi connectivity index (χ3v) is 9.16. The van der Waals surface area contributed by atoms with Crippen molar-refractivity contribution in [2.75, 3.05) is 19.6 Å². The van der Waals surface area contributed by atoms with Crippen LogP contribution in [0.5, 0.6) is 0 Å². The highest BCUT2D eigenvalue weighted by Gasteiger charge is 2.54. The minimum Gasteiger partial charge on any atom is -0.343 e. The number of rotatable bonds is 8. The molecule has 0 saturated carbocycles. The Morgan fingerprint density at radius 3 is 2.50 bits per heavy atom. The Bertz CT molecular complexity index is 1600. The summed E-state index contributed by atoms with van der Waals surface area (Å²) in [6.45, 7) is 3.34. The van der Waals surface area contributed by atoms with Gasteiger partial charge in [0.25, 0.3) is 5.91 Å². The fourth-order valence-corrected chi connectivity index (χ4v) is 6.65. The summed E-state index contributed by atoms with van der Waals surface area (Å²) in [5.74, 6) is -1.03. The maximum absolute atomic E-state index is 14.3. The van der Waals surface area contributed by atoms with Crippen molar-refractivity contribution in [1.82, 2.24) is 20.5 Å². The number of amides is 3. The highest BCUT2D eigenvalue weighted by atomic mass is 35.5. The van der Waals surface area contributed by atoms with E-state index in [0.717, 1.165) is 28.0 Å². The SMILES string of the molecule is CCN1N=C2CCN(C(=O)C(Cc3ccc(Cl)cc3)NC(=O)C3Cc4ccccc4CN3)CC2(Cc2ccc(F)cc2)C1=O. The predicted octanol–water partition coefficient (Wildman–Crippen LogP) is 3.90. The van der Waals surface area contributed by atoms with Gasteiger partial charge in [0.2, 0.25) is 11.8 Å². The molecule has 3 amide bonds. The van der Waals surface area contributed by atoms with Crippen LogP contribution in [0, 0.1) is 11.2 Å². The van der Waals surface area contributed by atoms with Crippen LogP contribution in [-0.2, 0) is 40.2 Å². The molecule has 1 fully saturated rings. The Hall–Kier alpha value is -4.08. The van der Waals surface area contributed by atoms with Crippen molar-refractivity contribution in [1.29, 1.82) is 0 Å². The zero-order valence-electron chi connectivity index (χ0n) is 24.6. The number of hydrazone groups is 1. The molecule has 0 aromatic heterocycles. The van der Waals surface area contributed by atoms with Gasteiger partial charge in [0.05, 0.1) is 11.8 Å². The first-order chi connectivity index (χ1) is 21.3. The number of nitrogens with one attached hydrogen (secondary N) is 2. The first kappa shape index (κ1) is 30.0. The monoisotopic (exact) mass is 615 g/mol. The molecule has 0 bridgehead atoms. The molecule has 0 spiro atoms. The summed E-state index contributed by atoms with van der Waals surface area (Å²) in [4.78, 5) is 43.4. The zero-order chi connectivity index (χ0) is 30.8. The van der Waals surface area contributed by atoms with Gasteiger partial charge in [-0.25, -0.2) is 9.40 Å². The lowest BCUT2D eigenvalue weighted by atomic mass is 9.73. The Labute approximate surface area is 261 Å². The van der Waals surface area contributed by atoms with Gasteiger partial charge < -0.3 is 15.5 Å². The van der Waals surface area contributed by atoms with Gasteiger partial charge in [0, 0.05) is 44.0 Å². The molecule has 228 valence electrons. The maximum Gasteiger partial charge on any atom is 0.256 e. The number of halogens is 2. The fourth-order valence-electron chi connectivity index (χ4n) is 6.53. The maximum atomic E-state index is 14.3. The van der Waals surface area contributed by atoms with E-state index in [0.29, 0.717) is 43.9 Å². The molecule has 3 aromatic rings. The zero-order valence-corrected chi connectivity index (χ0v) is 25.3. The molecular weight excluding hydrogens is 581 g/mol. The van der Waals surface area contributed by atoms with Gasteiger partial charge >= 0.3 is 0 Å². The van der Waals surface area contributed by atoms with Crippen LogP contribution in [0.3, 0.4) is 0 Å². The molecule has 3 aliphatic rings. The van der Waals surface area contributed by atoms with Crippen LogP contribution in [0.2, 0.25) is 5.02 Å². The number of piperidine rings is 1. The van der Waals surface area contributed by atoms with E-state index < -0.39 is 17.5 Å². The number of nitrogens with zero attached hydrogens (tertiary/aromatic N) is 3. The number of hydrogen-bond donors (Lipinski definition) is 2. The van der Waals surface area contributed by atoms with Gasteiger partial charge in [0.15, 0.2) is 0 Å². The molecule has 10 heteroatoms. The predicted molar refractivity (Wildman–Crippen MR) is 166 cm³/mol. The van der Waals surface area contributed by atoms with E-state index in [1.54, 1.807) is 29.2 Å². The summed E-state index contributed by atoms with van der Waals surface area (Å²) >= 11 is 6.12. The lowest BCUT2D eigenvalue weighted by molar-refractivity contribution is -0.142. The highest BCUT2D eigenvalue weighted by Crippen LogP contribution is 2.39. The third kappa shape index (κ3) is 5.99. The average Bonchev–Trinajstić information content (AvgIpc) is 3.32. The van der Waals surface area contributed by atoms with E-state index in [1.165, 1.54) is 17.1 Å². The summed E-state index contributed by atoms with van der Waals surface area (Å²) in [7, 11) is 0. The third-order valence-electron chi connectivity index (χ3n) is 8.91. The second kappa shape index (κ2) is 12.5. The molecule has 3 atom stereocenters. The van der Waals surface area contributed by atoms with E-state index in [1.807, 2.05) is 43.3 Å². The number of fused-ring (bicyclic) bond motifs is 2. The van der Waals surface area contributed by atoms with Crippen LogP contribution >= 0.6 is 11.6 Å². The molecule has 3 heterocycles. The van der Waals surface area contributed by atoms with Crippen LogP contribution in [-0.4, -0.2) is 65.1 Å². The highest BCUT2D eigenvalue weighted by molar-refractivity contribution is 6.30. The normalized spacial score (nSPS) is 21.8. The van der Waals surface area contributed by atoms with Crippen LogP contribution in [0.25, 0.3) is 0 Å². The van der Waals surface area contributed by atoms with Crippen LogP contribution in [0.1, 0.15) is 35.6 Å². The van der Waals surface area contributed by atoms with Gasteiger partial charge in [-0.05, 0) is 66.3 Å². The number of hydrogen-bond acceptors (Lipinski definition) is 5. The molecule has 3 aliphatic heterocycles. The van der Waals surface area contributed by atoms with E-state index in [4.69, 9.17) is 11.6 Å². The molecule has 2 N–H and O–H groups in total. The Morgan fingerprint density at radius 1 is 1.07 bits per heavy atom. The van der Waals surface area contributed by atoms with E-state index in [2.05, 4.69) is 15.7 Å². The van der Waals surface area contributed by atoms with Crippen molar-refractivity contribution in [3.63, 3.8) is 0 Å². The first-order valence-electron chi connectivity index (χ1n) is 15.0. The minimum absolute atomic E-state index is 0.124. The molecule has 0 aliphatic carbocycles. The standard InChI is InChI=1S/C34H35ClFN5O3/c1-2-41-33(44)34(19-23-9-13-27(36)14-10-23)21-40(16-15-30(34)39-41)32(43)29(17-22-7-11-26(35)12-8-22)38-31(42)28-18-24-5-3-4-6-25(24)20-37-28/h3-14,28-29,37H,2,15-21H2,1H3,(H,38,42). The quantitative estimate of drug-likeness (QED) is 0.402. The van der Waals surface area contributed by atoms with Gasteiger partial charge in [0.1, 0.15) is 17.3 Å². The van der Waals surface area contributed by atoms with Crippen molar-refractivity contribution in [3.8, 4) is 0 Å². The first-order valence-corrected chi connectivity index (χ1v) is 15.4. The fraction of sp³-hybridized carbons (Fsp3) is 0.353. The van der Waals surface area contributed by atoms with Crippen molar-refractivity contribution < 1.29 is 18.8 Å². The lowest BCUT2D eigenvalue weighted by Gasteiger charge is -2.41. The van der Waals surface area contributed by atoms with Crippen LogP contribution < -0.4 is 10.6 Å². The Kier molecular flexibility index (Phi) is 8.51. The van der Waals surface area contributed by atoms with Gasteiger partial charge in [-0.2, -0.15) is 5.10 Å². The summed E-state index contributed by atoms with van der Waals surface area (Å²) in [5.41, 5.74) is 3.59. The molecule has 0 radical (unpaired) electrons. The van der Waals surface area contributed by atoms with Crippen LogP contribution in [0.15, 0.2) is 77.9 Å². The molecule has 3 aromatic carbocycles. The molecular formula is C34H35ClFN5O3. The largest absolute Gasteiger partial charge is 0.343 e. The summed E-state index contributed by atoms with van der Waals surface area (Å²) < 4.78 is 13.7. The number of carbonyl (C=O) groups excluding carboxylic acids is 3. The molecule has 6 rings (SSSR count). The average molecular weight is 616 g/mol. The smallest absolute Gasteiger partial charge is 0.256 e. The van der Waals surface area contributed by atoms with Crippen LogP contribution in [0.4, 0.5) is 4.39 Å². The summed E-state index contributed by atoms with van der Waals surface area (Å²) in [5, 5.41) is 13.0. The molecule has 1 saturated heterocycles. The number of benzene rings is 3. The minimum atomic E-state index is -1.05.